The van der Waals surface area contributed by atoms with Crippen LogP contribution in [-0.4, -0.2) is 22.7 Å². The summed E-state index contributed by atoms with van der Waals surface area (Å²) < 4.78 is 13.6. The molecule has 5 heteroatoms. The molecule has 1 rings (SSSR count). The highest BCUT2D eigenvalue weighted by atomic mass is 19.1. The van der Waals surface area contributed by atoms with E-state index in [1.807, 2.05) is 0 Å². The van der Waals surface area contributed by atoms with E-state index in [1.165, 1.54) is 12.1 Å². The van der Waals surface area contributed by atoms with E-state index in [0.29, 0.717) is 5.56 Å². The molecule has 15 heavy (non-hydrogen) atoms. The summed E-state index contributed by atoms with van der Waals surface area (Å²) in [4.78, 5) is 21.3. The molecule has 0 saturated heterocycles. The van der Waals surface area contributed by atoms with Gasteiger partial charge in [0.05, 0.1) is 0 Å². The van der Waals surface area contributed by atoms with Gasteiger partial charge < -0.3 is 10.8 Å². The first-order valence-corrected chi connectivity index (χ1v) is 4.23. The van der Waals surface area contributed by atoms with Crippen molar-refractivity contribution in [1.82, 2.24) is 0 Å². The Bertz CT molecular complexity index is 364. The van der Waals surface area contributed by atoms with Crippen molar-refractivity contribution < 1.29 is 19.1 Å². The van der Waals surface area contributed by atoms with Crippen molar-refractivity contribution in [2.45, 2.75) is 12.1 Å². The van der Waals surface area contributed by atoms with E-state index in [9.17, 15) is 14.0 Å². The molecule has 4 nitrogen and oxygen atoms in total. The molecule has 0 aliphatic heterocycles. The summed E-state index contributed by atoms with van der Waals surface area (Å²) in [5, 5.41) is 8.59. The molecule has 0 aliphatic carbocycles. The molecule has 1 aromatic rings. The fraction of sp³-hybridized carbons (Fsp3) is 0.200. The molecule has 0 aromatic heterocycles. The predicted molar refractivity (Wildman–Crippen MR) is 50.8 cm³/mol. The van der Waals surface area contributed by atoms with E-state index in [4.69, 9.17) is 10.8 Å². The molecule has 1 atom stereocenters. The van der Waals surface area contributed by atoms with Crippen LogP contribution in [0.25, 0.3) is 0 Å². The topological polar surface area (TPSA) is 80.4 Å². The zero-order valence-corrected chi connectivity index (χ0v) is 7.81. The lowest BCUT2D eigenvalue weighted by atomic mass is 9.96. The fourth-order valence-corrected chi connectivity index (χ4v) is 1.15. The number of hydrogen-bond donors (Lipinski definition) is 2. The number of primary amides is 1. The summed E-state index contributed by atoms with van der Waals surface area (Å²) in [5.41, 5.74) is 2.09. The first-order valence-electron chi connectivity index (χ1n) is 4.23. The average Bonchev–Trinajstić information content (AvgIpc) is 2.18. The Morgan fingerprint density at radius 1 is 1.33 bits per heavy atom. The minimum atomic E-state index is -3.04. The first kappa shape index (κ1) is 11.2. The number of carboxylic acid groups (broad SMARTS) is 1. The Hall–Kier alpha value is -1.91. The number of rotatable bonds is 4. The maximum Gasteiger partial charge on any atom is 0.351 e. The van der Waals surface area contributed by atoms with Crippen molar-refractivity contribution in [2.75, 3.05) is 0 Å². The zero-order chi connectivity index (χ0) is 11.5. The summed E-state index contributed by atoms with van der Waals surface area (Å²) in [7, 11) is 0. The first-order chi connectivity index (χ1) is 6.97. The van der Waals surface area contributed by atoms with Gasteiger partial charge in [0.2, 0.25) is 0 Å². The number of halogens is 1. The van der Waals surface area contributed by atoms with Crippen molar-refractivity contribution in [2.24, 2.45) is 5.73 Å². The van der Waals surface area contributed by atoms with Crippen LogP contribution in [0, 0.1) is 0 Å². The second-order valence-electron chi connectivity index (χ2n) is 3.13. The third-order valence-corrected chi connectivity index (χ3v) is 2.02. The Balaban J connectivity index is 2.95. The highest BCUT2D eigenvalue weighted by molar-refractivity contribution is 6.04. The Kier molecular flexibility index (Phi) is 3.04. The van der Waals surface area contributed by atoms with Gasteiger partial charge in [-0.05, 0) is 5.56 Å². The number of amides is 1. The van der Waals surface area contributed by atoms with E-state index < -0.39 is 24.0 Å². The Morgan fingerprint density at radius 2 is 1.87 bits per heavy atom. The molecule has 3 N–H and O–H groups in total. The van der Waals surface area contributed by atoms with Crippen LogP contribution in [0.5, 0.6) is 0 Å². The van der Waals surface area contributed by atoms with Crippen molar-refractivity contribution in [1.29, 1.82) is 0 Å². The molecular formula is C10H10FNO3. The molecule has 0 saturated carbocycles. The number of nitrogens with two attached hydrogens (primary N) is 1. The zero-order valence-electron chi connectivity index (χ0n) is 7.81. The number of benzene rings is 1. The monoisotopic (exact) mass is 211 g/mol. The number of aliphatic carboxylic acids is 1. The summed E-state index contributed by atoms with van der Waals surface area (Å²) in [6, 6.07) is 8.01. The van der Waals surface area contributed by atoms with Crippen LogP contribution >= 0.6 is 0 Å². The van der Waals surface area contributed by atoms with Crippen LogP contribution in [0.1, 0.15) is 5.56 Å². The van der Waals surface area contributed by atoms with Gasteiger partial charge in [-0.3, -0.25) is 4.79 Å². The molecule has 1 amide bonds. The SMILES string of the molecule is NC(=O)[C@](F)(Cc1ccccc1)C(=O)O. The number of carbonyl (C=O) groups excluding carboxylic acids is 1. The average molecular weight is 211 g/mol. The van der Waals surface area contributed by atoms with Crippen LogP contribution in [-0.2, 0) is 16.0 Å². The van der Waals surface area contributed by atoms with Gasteiger partial charge in [0.15, 0.2) is 0 Å². The van der Waals surface area contributed by atoms with E-state index >= 15 is 0 Å². The summed E-state index contributed by atoms with van der Waals surface area (Å²) in [6.45, 7) is 0. The molecule has 0 unspecified atom stereocenters. The lowest BCUT2D eigenvalue weighted by Gasteiger charge is -2.16. The number of hydrogen-bond acceptors (Lipinski definition) is 2. The lowest BCUT2D eigenvalue weighted by Crippen LogP contribution is -2.48. The molecule has 0 radical (unpaired) electrons. The highest BCUT2D eigenvalue weighted by Gasteiger charge is 2.45. The molecule has 1 aromatic carbocycles. The third kappa shape index (κ3) is 2.31. The van der Waals surface area contributed by atoms with Crippen molar-refractivity contribution in [3.8, 4) is 0 Å². The normalized spacial score (nSPS) is 14.2. The predicted octanol–water partition coefficient (Wildman–Crippen LogP) is 0.507. The Labute approximate surface area is 85.5 Å². The number of carboxylic acids is 1. The van der Waals surface area contributed by atoms with Gasteiger partial charge >= 0.3 is 5.97 Å². The van der Waals surface area contributed by atoms with Crippen molar-refractivity contribution >= 4 is 11.9 Å². The summed E-state index contributed by atoms with van der Waals surface area (Å²) in [5.74, 6) is -3.35. The van der Waals surface area contributed by atoms with E-state index in [-0.39, 0.29) is 0 Å². The number of carbonyl (C=O) groups is 2. The standard InChI is InChI=1S/C10H10FNO3/c11-10(8(12)13,9(14)15)6-7-4-2-1-3-5-7/h1-5H,6H2,(H2,12,13)(H,14,15)/t10-/m1/s1. The quantitative estimate of drug-likeness (QED) is 0.712. The number of alkyl halides is 1. The molecule has 0 aliphatic rings. The largest absolute Gasteiger partial charge is 0.478 e. The van der Waals surface area contributed by atoms with Crippen LogP contribution in [0.4, 0.5) is 4.39 Å². The maximum absolute atomic E-state index is 13.6. The van der Waals surface area contributed by atoms with Crippen molar-refractivity contribution in [3.63, 3.8) is 0 Å². The highest BCUT2D eigenvalue weighted by Crippen LogP contribution is 2.18. The van der Waals surface area contributed by atoms with Gasteiger partial charge in [-0.2, -0.15) is 0 Å². The summed E-state index contributed by atoms with van der Waals surface area (Å²) >= 11 is 0. The van der Waals surface area contributed by atoms with Gasteiger partial charge in [-0.15, -0.1) is 0 Å². The second-order valence-corrected chi connectivity index (χ2v) is 3.13. The minimum absolute atomic E-state index is 0.404. The van der Waals surface area contributed by atoms with Gasteiger partial charge in [0, 0.05) is 6.42 Å². The van der Waals surface area contributed by atoms with E-state index in [0.717, 1.165) is 0 Å². The molecule has 0 bridgehead atoms. The summed E-state index contributed by atoms with van der Waals surface area (Å²) in [6.07, 6.45) is -0.557. The Morgan fingerprint density at radius 3 is 2.27 bits per heavy atom. The fourth-order valence-electron chi connectivity index (χ4n) is 1.15. The van der Waals surface area contributed by atoms with Gasteiger partial charge in [-0.25, -0.2) is 9.18 Å². The molecular weight excluding hydrogens is 201 g/mol. The minimum Gasteiger partial charge on any atom is -0.478 e. The molecule has 80 valence electrons. The van der Waals surface area contributed by atoms with Gasteiger partial charge in [0.1, 0.15) is 0 Å². The van der Waals surface area contributed by atoms with E-state index in [2.05, 4.69) is 0 Å². The van der Waals surface area contributed by atoms with Crippen LogP contribution in [0.2, 0.25) is 0 Å². The second kappa shape index (κ2) is 4.08. The van der Waals surface area contributed by atoms with Crippen LogP contribution in [0.15, 0.2) is 30.3 Å². The van der Waals surface area contributed by atoms with Gasteiger partial charge in [0.25, 0.3) is 11.6 Å². The van der Waals surface area contributed by atoms with Gasteiger partial charge in [-0.1, -0.05) is 30.3 Å². The van der Waals surface area contributed by atoms with Crippen molar-refractivity contribution in [3.05, 3.63) is 35.9 Å². The lowest BCUT2D eigenvalue weighted by molar-refractivity contribution is -0.156. The molecule has 0 heterocycles. The van der Waals surface area contributed by atoms with Crippen LogP contribution in [0.3, 0.4) is 0 Å². The third-order valence-electron chi connectivity index (χ3n) is 2.02. The van der Waals surface area contributed by atoms with Crippen LogP contribution < -0.4 is 5.73 Å². The molecule has 0 spiro atoms. The van der Waals surface area contributed by atoms with E-state index in [1.54, 1.807) is 18.2 Å². The maximum atomic E-state index is 13.6. The smallest absolute Gasteiger partial charge is 0.351 e. The molecule has 0 fully saturated rings.